The standard InChI is InChI=1S/C17H22N2O3.ClH/c1-21-15-7-4-5-12-9-13(11-22-16(12)15)17(20)19-8-3-2-6-14(19)10-18;/h4-5,7,9,14H,2-3,6,8,10-11,18H2,1H3;1H. The molecule has 0 bridgehead atoms. The van der Waals surface area contributed by atoms with Crippen molar-refractivity contribution in [3.05, 3.63) is 29.3 Å². The molecule has 0 saturated carbocycles. The molecule has 1 aromatic rings. The van der Waals surface area contributed by atoms with E-state index in [0.29, 0.717) is 23.6 Å². The van der Waals surface area contributed by atoms with Crippen LogP contribution in [-0.4, -0.2) is 43.7 Å². The van der Waals surface area contributed by atoms with E-state index in [1.165, 1.54) is 0 Å². The van der Waals surface area contributed by atoms with Crippen molar-refractivity contribution >= 4 is 24.4 Å². The fourth-order valence-electron chi connectivity index (χ4n) is 3.16. The van der Waals surface area contributed by atoms with Crippen LogP contribution in [0.4, 0.5) is 0 Å². The minimum Gasteiger partial charge on any atom is -0.493 e. The largest absolute Gasteiger partial charge is 0.493 e. The molecule has 1 saturated heterocycles. The summed E-state index contributed by atoms with van der Waals surface area (Å²) in [4.78, 5) is 14.7. The topological polar surface area (TPSA) is 64.8 Å². The molecule has 2 N–H and O–H groups in total. The van der Waals surface area contributed by atoms with Crippen LogP contribution in [0.5, 0.6) is 11.5 Å². The van der Waals surface area contributed by atoms with Gasteiger partial charge in [-0.2, -0.15) is 0 Å². The summed E-state index contributed by atoms with van der Waals surface area (Å²) in [6.07, 6.45) is 5.08. The van der Waals surface area contributed by atoms with Crippen LogP contribution in [0.3, 0.4) is 0 Å². The highest BCUT2D eigenvalue weighted by atomic mass is 35.5. The number of nitrogens with two attached hydrogens (primary N) is 1. The second-order valence-electron chi connectivity index (χ2n) is 5.72. The summed E-state index contributed by atoms with van der Waals surface area (Å²) in [5.74, 6) is 1.44. The lowest BCUT2D eigenvalue weighted by Gasteiger charge is -2.36. The number of hydrogen-bond acceptors (Lipinski definition) is 4. The lowest BCUT2D eigenvalue weighted by molar-refractivity contribution is -0.130. The number of carbonyl (C=O) groups excluding carboxylic acids is 1. The summed E-state index contributed by atoms with van der Waals surface area (Å²) in [6, 6.07) is 5.83. The summed E-state index contributed by atoms with van der Waals surface area (Å²) in [6.45, 7) is 1.58. The van der Waals surface area contributed by atoms with Gasteiger partial charge in [0.2, 0.25) is 0 Å². The van der Waals surface area contributed by atoms with E-state index >= 15 is 0 Å². The van der Waals surface area contributed by atoms with Gasteiger partial charge in [0, 0.05) is 24.7 Å². The summed E-state index contributed by atoms with van der Waals surface area (Å²) < 4.78 is 11.1. The molecular formula is C17H23ClN2O3. The number of ether oxygens (including phenoxy) is 2. The molecule has 1 atom stereocenters. The molecule has 2 heterocycles. The zero-order chi connectivity index (χ0) is 15.5. The van der Waals surface area contributed by atoms with E-state index in [0.717, 1.165) is 31.4 Å². The number of methoxy groups -OCH3 is 1. The van der Waals surface area contributed by atoms with E-state index in [-0.39, 0.29) is 31.0 Å². The van der Waals surface area contributed by atoms with Crippen LogP contribution in [0.25, 0.3) is 6.08 Å². The Morgan fingerprint density at radius 3 is 3.00 bits per heavy atom. The van der Waals surface area contributed by atoms with Crippen LogP contribution < -0.4 is 15.2 Å². The van der Waals surface area contributed by atoms with Crippen molar-refractivity contribution in [2.75, 3.05) is 26.8 Å². The molecule has 0 radical (unpaired) electrons. The van der Waals surface area contributed by atoms with Gasteiger partial charge in [-0.1, -0.05) is 12.1 Å². The number of likely N-dealkylation sites (tertiary alicyclic amines) is 1. The molecular weight excluding hydrogens is 316 g/mol. The zero-order valence-electron chi connectivity index (χ0n) is 13.3. The minimum atomic E-state index is 0. The first kappa shape index (κ1) is 17.6. The van der Waals surface area contributed by atoms with Crippen LogP contribution in [0, 0.1) is 0 Å². The third kappa shape index (κ3) is 3.46. The molecule has 6 heteroatoms. The molecule has 1 unspecified atom stereocenters. The van der Waals surface area contributed by atoms with Crippen LogP contribution in [-0.2, 0) is 4.79 Å². The second kappa shape index (κ2) is 7.70. The van der Waals surface area contributed by atoms with Crippen LogP contribution in [0.15, 0.2) is 23.8 Å². The Kier molecular flexibility index (Phi) is 5.91. The molecule has 3 rings (SSSR count). The maximum absolute atomic E-state index is 12.8. The maximum atomic E-state index is 12.8. The number of amides is 1. The minimum absolute atomic E-state index is 0. The SMILES string of the molecule is COc1cccc2c1OCC(C(=O)N1CCCCC1CN)=C2.Cl. The second-order valence-corrected chi connectivity index (χ2v) is 5.72. The number of para-hydroxylation sites is 1. The number of benzene rings is 1. The smallest absolute Gasteiger partial charge is 0.253 e. The quantitative estimate of drug-likeness (QED) is 0.918. The Morgan fingerprint density at radius 1 is 1.43 bits per heavy atom. The van der Waals surface area contributed by atoms with Crippen molar-refractivity contribution < 1.29 is 14.3 Å². The molecule has 0 aliphatic carbocycles. The van der Waals surface area contributed by atoms with Gasteiger partial charge in [0.1, 0.15) is 6.61 Å². The van der Waals surface area contributed by atoms with Crippen LogP contribution in [0.1, 0.15) is 24.8 Å². The van der Waals surface area contributed by atoms with Crippen molar-refractivity contribution in [2.45, 2.75) is 25.3 Å². The van der Waals surface area contributed by atoms with Crippen molar-refractivity contribution in [1.82, 2.24) is 4.90 Å². The number of nitrogens with zero attached hydrogens (tertiary/aromatic N) is 1. The number of halogens is 1. The Hall–Kier alpha value is -1.72. The number of piperidine rings is 1. The zero-order valence-corrected chi connectivity index (χ0v) is 14.1. The fraction of sp³-hybridized carbons (Fsp3) is 0.471. The molecule has 1 amide bonds. The number of hydrogen-bond donors (Lipinski definition) is 1. The Bertz CT molecular complexity index is 604. The molecule has 0 aromatic heterocycles. The maximum Gasteiger partial charge on any atom is 0.253 e. The van der Waals surface area contributed by atoms with Gasteiger partial charge in [-0.05, 0) is 31.4 Å². The molecule has 2 aliphatic rings. The first-order valence-electron chi connectivity index (χ1n) is 7.76. The van der Waals surface area contributed by atoms with Crippen molar-refractivity contribution in [1.29, 1.82) is 0 Å². The van der Waals surface area contributed by atoms with E-state index in [1.807, 2.05) is 29.2 Å². The third-order valence-electron chi connectivity index (χ3n) is 4.37. The number of carbonyl (C=O) groups is 1. The van der Waals surface area contributed by atoms with Crippen molar-refractivity contribution in [2.24, 2.45) is 5.73 Å². The van der Waals surface area contributed by atoms with E-state index in [9.17, 15) is 4.79 Å². The normalized spacial score (nSPS) is 19.8. The molecule has 1 fully saturated rings. The third-order valence-corrected chi connectivity index (χ3v) is 4.37. The van der Waals surface area contributed by atoms with Crippen molar-refractivity contribution in [3.8, 4) is 11.5 Å². The highest BCUT2D eigenvalue weighted by Crippen LogP contribution is 2.36. The lowest BCUT2D eigenvalue weighted by atomic mass is 9.99. The van der Waals surface area contributed by atoms with Crippen LogP contribution in [0.2, 0.25) is 0 Å². The lowest BCUT2D eigenvalue weighted by Crippen LogP contribution is -2.48. The molecule has 126 valence electrons. The molecule has 2 aliphatic heterocycles. The monoisotopic (exact) mass is 338 g/mol. The molecule has 1 aromatic carbocycles. The van der Waals surface area contributed by atoms with Crippen LogP contribution >= 0.6 is 12.4 Å². The number of rotatable bonds is 3. The van der Waals surface area contributed by atoms with Gasteiger partial charge >= 0.3 is 0 Å². The van der Waals surface area contributed by atoms with E-state index < -0.39 is 0 Å². The Labute approximate surface area is 142 Å². The van der Waals surface area contributed by atoms with Gasteiger partial charge in [0.05, 0.1) is 12.7 Å². The highest BCUT2D eigenvalue weighted by molar-refractivity contribution is 5.99. The van der Waals surface area contributed by atoms with Crippen molar-refractivity contribution in [3.63, 3.8) is 0 Å². The average molecular weight is 339 g/mol. The summed E-state index contributed by atoms with van der Waals surface area (Å²) in [7, 11) is 1.61. The van der Waals surface area contributed by atoms with Gasteiger partial charge < -0.3 is 20.1 Å². The molecule has 5 nitrogen and oxygen atoms in total. The predicted molar refractivity (Wildman–Crippen MR) is 92.1 cm³/mol. The highest BCUT2D eigenvalue weighted by Gasteiger charge is 2.29. The summed E-state index contributed by atoms with van der Waals surface area (Å²) >= 11 is 0. The van der Waals surface area contributed by atoms with E-state index in [4.69, 9.17) is 15.2 Å². The van der Waals surface area contributed by atoms with Gasteiger partial charge in [-0.25, -0.2) is 0 Å². The first-order chi connectivity index (χ1) is 10.7. The fourth-order valence-corrected chi connectivity index (χ4v) is 3.16. The van der Waals surface area contributed by atoms with Gasteiger partial charge in [0.15, 0.2) is 11.5 Å². The van der Waals surface area contributed by atoms with Gasteiger partial charge in [-0.15, -0.1) is 12.4 Å². The Balaban J connectivity index is 0.00000192. The van der Waals surface area contributed by atoms with Gasteiger partial charge in [-0.3, -0.25) is 4.79 Å². The van der Waals surface area contributed by atoms with E-state index in [2.05, 4.69) is 0 Å². The average Bonchev–Trinajstić information content (AvgIpc) is 2.59. The molecule has 23 heavy (non-hydrogen) atoms. The first-order valence-corrected chi connectivity index (χ1v) is 7.76. The van der Waals surface area contributed by atoms with E-state index in [1.54, 1.807) is 7.11 Å². The van der Waals surface area contributed by atoms with Gasteiger partial charge in [0.25, 0.3) is 5.91 Å². The summed E-state index contributed by atoms with van der Waals surface area (Å²) in [5.41, 5.74) is 7.38. The predicted octanol–water partition coefficient (Wildman–Crippen LogP) is 2.23. The Morgan fingerprint density at radius 2 is 2.26 bits per heavy atom. The summed E-state index contributed by atoms with van der Waals surface area (Å²) in [5, 5.41) is 0. The number of fused-ring (bicyclic) bond motifs is 1. The molecule has 0 spiro atoms.